The maximum atomic E-state index is 10.5. The molecule has 108 valence electrons. The van der Waals surface area contributed by atoms with Crippen LogP contribution in [0.5, 0.6) is 0 Å². The van der Waals surface area contributed by atoms with Crippen LogP contribution in [-0.2, 0) is 0 Å². The van der Waals surface area contributed by atoms with Crippen molar-refractivity contribution in [3.8, 4) is 0 Å². The molecule has 1 N–H and O–H groups in total. The Balaban J connectivity index is 1.69. The van der Waals surface area contributed by atoms with E-state index in [1.165, 1.54) is 24.6 Å². The molecule has 0 aliphatic rings. The number of fused-ring (bicyclic) bond motifs is 1. The van der Waals surface area contributed by atoms with Crippen LogP contribution in [0.4, 0.5) is 5.69 Å². The number of nitro benzene ring substituents is 1. The molecule has 0 aliphatic heterocycles. The minimum Gasteiger partial charge on any atom is -0.337 e. The first kappa shape index (κ1) is 13.6. The summed E-state index contributed by atoms with van der Waals surface area (Å²) in [6.07, 6.45) is 3.03. The fourth-order valence-corrected chi connectivity index (χ4v) is 1.90. The van der Waals surface area contributed by atoms with Crippen molar-refractivity contribution < 1.29 is 4.92 Å². The summed E-state index contributed by atoms with van der Waals surface area (Å²) in [6, 6.07) is 13.7. The Hall–Kier alpha value is -3.35. The van der Waals surface area contributed by atoms with Crippen molar-refractivity contribution >= 4 is 29.1 Å². The number of para-hydroxylation sites is 2. The predicted octanol–water partition coefficient (Wildman–Crippen LogP) is 2.92. The molecule has 0 unspecified atom stereocenters. The third kappa shape index (κ3) is 3.04. The SMILES string of the molecule is O=[N+]([O-])c1ccc(/C=N/N=C/c2nc3ccccc3[nH]2)cc1. The zero-order valence-corrected chi connectivity index (χ0v) is 11.4. The average molecular weight is 293 g/mol. The van der Waals surface area contributed by atoms with E-state index in [2.05, 4.69) is 20.2 Å². The Morgan fingerprint density at radius 1 is 1.05 bits per heavy atom. The monoisotopic (exact) mass is 293 g/mol. The molecular formula is C15H11N5O2. The lowest BCUT2D eigenvalue weighted by Crippen LogP contribution is -1.88. The van der Waals surface area contributed by atoms with Crippen LogP contribution in [0.3, 0.4) is 0 Å². The number of imidazole rings is 1. The number of rotatable bonds is 4. The number of nitrogens with zero attached hydrogens (tertiary/aromatic N) is 4. The quantitative estimate of drug-likeness (QED) is 0.455. The van der Waals surface area contributed by atoms with E-state index in [1.807, 2.05) is 24.3 Å². The Morgan fingerprint density at radius 2 is 1.77 bits per heavy atom. The fourth-order valence-electron chi connectivity index (χ4n) is 1.90. The van der Waals surface area contributed by atoms with Crippen LogP contribution in [0.25, 0.3) is 11.0 Å². The van der Waals surface area contributed by atoms with E-state index in [1.54, 1.807) is 12.1 Å². The third-order valence-electron chi connectivity index (χ3n) is 2.97. The summed E-state index contributed by atoms with van der Waals surface area (Å²) >= 11 is 0. The summed E-state index contributed by atoms with van der Waals surface area (Å²) in [5, 5.41) is 18.3. The second kappa shape index (κ2) is 5.96. The highest BCUT2D eigenvalue weighted by Gasteiger charge is 2.02. The van der Waals surface area contributed by atoms with Gasteiger partial charge in [-0.25, -0.2) is 4.98 Å². The van der Waals surface area contributed by atoms with E-state index in [0.717, 1.165) is 16.6 Å². The van der Waals surface area contributed by atoms with E-state index in [0.29, 0.717) is 5.82 Å². The number of aromatic nitrogens is 2. The number of benzene rings is 2. The van der Waals surface area contributed by atoms with Gasteiger partial charge in [-0.1, -0.05) is 12.1 Å². The zero-order valence-electron chi connectivity index (χ0n) is 11.4. The maximum Gasteiger partial charge on any atom is 0.269 e. The normalized spacial score (nSPS) is 11.6. The predicted molar refractivity (Wildman–Crippen MR) is 84.4 cm³/mol. The number of hydrogen-bond donors (Lipinski definition) is 1. The summed E-state index contributed by atoms with van der Waals surface area (Å²) in [5.41, 5.74) is 2.57. The summed E-state index contributed by atoms with van der Waals surface area (Å²) in [6.45, 7) is 0. The molecule has 0 radical (unpaired) electrons. The lowest BCUT2D eigenvalue weighted by atomic mass is 10.2. The van der Waals surface area contributed by atoms with Crippen LogP contribution < -0.4 is 0 Å². The van der Waals surface area contributed by atoms with Gasteiger partial charge in [-0.15, -0.1) is 0 Å². The van der Waals surface area contributed by atoms with Crippen LogP contribution in [-0.4, -0.2) is 27.3 Å². The molecule has 0 saturated heterocycles. The first-order valence-electron chi connectivity index (χ1n) is 6.48. The smallest absolute Gasteiger partial charge is 0.269 e. The molecule has 1 aromatic heterocycles. The van der Waals surface area contributed by atoms with Gasteiger partial charge in [0.25, 0.3) is 5.69 Å². The van der Waals surface area contributed by atoms with Crippen molar-refractivity contribution in [2.24, 2.45) is 10.2 Å². The van der Waals surface area contributed by atoms with Gasteiger partial charge in [-0.05, 0) is 29.8 Å². The minimum atomic E-state index is -0.444. The molecule has 1 heterocycles. The molecule has 2 aromatic carbocycles. The summed E-state index contributed by atoms with van der Waals surface area (Å²) < 4.78 is 0. The van der Waals surface area contributed by atoms with Crippen molar-refractivity contribution in [3.63, 3.8) is 0 Å². The van der Waals surface area contributed by atoms with Crippen molar-refractivity contribution in [1.29, 1.82) is 0 Å². The zero-order chi connectivity index (χ0) is 15.4. The first-order chi connectivity index (χ1) is 10.7. The van der Waals surface area contributed by atoms with Gasteiger partial charge < -0.3 is 4.98 Å². The molecule has 22 heavy (non-hydrogen) atoms. The Kier molecular flexibility index (Phi) is 3.69. The number of nitro groups is 1. The van der Waals surface area contributed by atoms with Crippen molar-refractivity contribution in [2.45, 2.75) is 0 Å². The highest BCUT2D eigenvalue weighted by molar-refractivity contribution is 5.85. The molecule has 0 bridgehead atoms. The van der Waals surface area contributed by atoms with Gasteiger partial charge in [0.05, 0.1) is 28.4 Å². The van der Waals surface area contributed by atoms with E-state index < -0.39 is 4.92 Å². The molecule has 0 saturated carbocycles. The Labute approximate surface area is 125 Å². The number of nitrogens with one attached hydrogen (secondary N) is 1. The fraction of sp³-hybridized carbons (Fsp3) is 0. The average Bonchev–Trinajstić information content (AvgIpc) is 2.95. The summed E-state index contributed by atoms with van der Waals surface area (Å²) in [4.78, 5) is 17.5. The number of non-ortho nitro benzene ring substituents is 1. The van der Waals surface area contributed by atoms with Crippen LogP contribution in [0.2, 0.25) is 0 Å². The molecule has 0 spiro atoms. The van der Waals surface area contributed by atoms with Crippen LogP contribution in [0, 0.1) is 10.1 Å². The van der Waals surface area contributed by atoms with E-state index in [9.17, 15) is 10.1 Å². The maximum absolute atomic E-state index is 10.5. The van der Waals surface area contributed by atoms with Gasteiger partial charge in [0.1, 0.15) is 0 Å². The largest absolute Gasteiger partial charge is 0.337 e. The molecule has 3 rings (SSSR count). The Morgan fingerprint density at radius 3 is 2.50 bits per heavy atom. The molecular weight excluding hydrogens is 282 g/mol. The molecule has 0 aliphatic carbocycles. The highest BCUT2D eigenvalue weighted by atomic mass is 16.6. The van der Waals surface area contributed by atoms with Crippen molar-refractivity contribution in [2.75, 3.05) is 0 Å². The topological polar surface area (TPSA) is 96.5 Å². The van der Waals surface area contributed by atoms with Gasteiger partial charge in [0, 0.05) is 12.1 Å². The lowest BCUT2D eigenvalue weighted by molar-refractivity contribution is -0.384. The molecule has 0 amide bonds. The van der Waals surface area contributed by atoms with E-state index in [4.69, 9.17) is 0 Å². The first-order valence-corrected chi connectivity index (χ1v) is 6.48. The third-order valence-corrected chi connectivity index (χ3v) is 2.97. The number of aromatic amines is 1. The molecule has 7 heteroatoms. The Bertz CT molecular complexity index is 832. The van der Waals surface area contributed by atoms with Gasteiger partial charge in [-0.3, -0.25) is 10.1 Å². The van der Waals surface area contributed by atoms with Gasteiger partial charge in [-0.2, -0.15) is 10.2 Å². The lowest BCUT2D eigenvalue weighted by Gasteiger charge is -1.91. The highest BCUT2D eigenvalue weighted by Crippen LogP contribution is 2.11. The standard InChI is InChI=1S/C15H11N5O2/c21-20(22)12-7-5-11(6-8-12)9-16-17-10-15-18-13-3-1-2-4-14(13)19-15/h1-10H,(H,18,19)/b16-9+,17-10+. The molecule has 3 aromatic rings. The molecule has 0 atom stereocenters. The minimum absolute atomic E-state index is 0.0444. The van der Waals surface area contributed by atoms with Gasteiger partial charge in [0.15, 0.2) is 5.82 Å². The van der Waals surface area contributed by atoms with E-state index in [-0.39, 0.29) is 5.69 Å². The van der Waals surface area contributed by atoms with Gasteiger partial charge >= 0.3 is 0 Å². The number of H-pyrrole nitrogens is 1. The summed E-state index contributed by atoms with van der Waals surface area (Å²) in [7, 11) is 0. The van der Waals surface area contributed by atoms with Crippen molar-refractivity contribution in [1.82, 2.24) is 9.97 Å². The second-order valence-electron chi connectivity index (χ2n) is 4.48. The van der Waals surface area contributed by atoms with Crippen molar-refractivity contribution in [3.05, 3.63) is 70.0 Å². The molecule has 0 fully saturated rings. The van der Waals surface area contributed by atoms with Crippen LogP contribution in [0.1, 0.15) is 11.4 Å². The van der Waals surface area contributed by atoms with E-state index >= 15 is 0 Å². The van der Waals surface area contributed by atoms with Crippen LogP contribution in [0.15, 0.2) is 58.7 Å². The summed E-state index contributed by atoms with van der Waals surface area (Å²) in [5.74, 6) is 0.613. The van der Waals surface area contributed by atoms with Gasteiger partial charge in [0.2, 0.25) is 0 Å². The molecule has 7 nitrogen and oxygen atoms in total. The second-order valence-corrected chi connectivity index (χ2v) is 4.48. The number of hydrogen-bond acceptors (Lipinski definition) is 5. The van der Waals surface area contributed by atoms with Crippen LogP contribution >= 0.6 is 0 Å².